The van der Waals surface area contributed by atoms with Crippen LogP contribution in [0.25, 0.3) is 0 Å². The Balaban J connectivity index is 3.75. The van der Waals surface area contributed by atoms with Gasteiger partial charge in [0.1, 0.15) is 0 Å². The van der Waals surface area contributed by atoms with Crippen molar-refractivity contribution in [3.8, 4) is 0 Å². The van der Waals surface area contributed by atoms with E-state index in [1.54, 1.807) is 7.11 Å². The first-order valence-corrected chi connectivity index (χ1v) is 5.58. The third-order valence-corrected chi connectivity index (χ3v) is 2.45. The minimum Gasteiger partial charge on any atom is -0.383 e. The van der Waals surface area contributed by atoms with Gasteiger partial charge in [0, 0.05) is 32.1 Å². The lowest BCUT2D eigenvalue weighted by molar-refractivity contribution is 0.126. The summed E-state index contributed by atoms with van der Waals surface area (Å²) in [5, 5.41) is 0. The van der Waals surface area contributed by atoms with E-state index in [1.807, 2.05) is 0 Å². The Labute approximate surface area is 87.2 Å². The quantitative estimate of drug-likeness (QED) is 0.567. The monoisotopic (exact) mass is 207 g/mol. The molecule has 0 aromatic heterocycles. The van der Waals surface area contributed by atoms with E-state index in [2.05, 4.69) is 18.7 Å². The van der Waals surface area contributed by atoms with Crippen molar-refractivity contribution in [1.82, 2.24) is 4.90 Å². The molecule has 0 aliphatic heterocycles. The Morgan fingerprint density at radius 2 is 2.08 bits per heavy atom. The first kappa shape index (κ1) is 13.2. The maximum atomic E-state index is 5.74. The van der Waals surface area contributed by atoms with E-state index < -0.39 is 0 Å². The molecule has 80 valence electrons. The highest BCUT2D eigenvalue weighted by Crippen LogP contribution is 2.06. The lowest BCUT2D eigenvalue weighted by atomic mass is 10.1. The molecule has 13 heavy (non-hydrogen) atoms. The number of hydrogen-bond donors (Lipinski definition) is 0. The predicted octanol–water partition coefficient (Wildman–Crippen LogP) is 2.36. The summed E-state index contributed by atoms with van der Waals surface area (Å²) in [5.74, 6) is 0.706. The van der Waals surface area contributed by atoms with Crippen molar-refractivity contribution in [2.75, 3.05) is 32.7 Å². The largest absolute Gasteiger partial charge is 0.383 e. The fourth-order valence-electron chi connectivity index (χ4n) is 1.47. The third-order valence-electron chi connectivity index (χ3n) is 2.28. The van der Waals surface area contributed by atoms with Crippen LogP contribution in [0.1, 0.15) is 26.7 Å². The first-order chi connectivity index (χ1) is 6.26. The number of halogens is 1. The summed E-state index contributed by atoms with van der Waals surface area (Å²) in [4.78, 5) is 2.39. The summed E-state index contributed by atoms with van der Waals surface area (Å²) < 4.78 is 5.06. The Bertz CT molecular complexity index is 111. The van der Waals surface area contributed by atoms with Gasteiger partial charge in [0.2, 0.25) is 0 Å². The molecule has 0 saturated carbocycles. The minimum atomic E-state index is 0.624. The van der Waals surface area contributed by atoms with E-state index in [9.17, 15) is 0 Å². The Hall–Kier alpha value is 0.210. The molecule has 0 amide bonds. The van der Waals surface area contributed by atoms with Gasteiger partial charge in [-0.25, -0.2) is 0 Å². The lowest BCUT2D eigenvalue weighted by Crippen LogP contribution is -2.37. The normalized spacial score (nSPS) is 13.6. The van der Waals surface area contributed by atoms with Gasteiger partial charge in [0.15, 0.2) is 0 Å². The molecule has 2 nitrogen and oxygen atoms in total. The average molecular weight is 208 g/mol. The van der Waals surface area contributed by atoms with Crippen LogP contribution in [-0.4, -0.2) is 43.6 Å². The molecule has 1 atom stereocenters. The lowest BCUT2D eigenvalue weighted by Gasteiger charge is -2.27. The third kappa shape index (κ3) is 6.30. The highest BCUT2D eigenvalue weighted by atomic mass is 35.5. The van der Waals surface area contributed by atoms with Gasteiger partial charge < -0.3 is 4.74 Å². The van der Waals surface area contributed by atoms with Crippen LogP contribution >= 0.6 is 11.6 Å². The molecule has 0 aromatic rings. The molecule has 0 fully saturated rings. The van der Waals surface area contributed by atoms with Gasteiger partial charge in [-0.1, -0.05) is 13.3 Å². The van der Waals surface area contributed by atoms with Crippen molar-refractivity contribution in [3.63, 3.8) is 0 Å². The number of ether oxygens (including phenoxy) is 1. The van der Waals surface area contributed by atoms with Crippen molar-refractivity contribution >= 4 is 11.6 Å². The van der Waals surface area contributed by atoms with Crippen LogP contribution in [0, 0.1) is 0 Å². The topological polar surface area (TPSA) is 12.5 Å². The molecule has 0 rings (SSSR count). The van der Waals surface area contributed by atoms with E-state index in [1.165, 1.54) is 12.8 Å². The van der Waals surface area contributed by atoms with E-state index in [4.69, 9.17) is 16.3 Å². The minimum absolute atomic E-state index is 0.624. The first-order valence-electron chi connectivity index (χ1n) is 5.05. The van der Waals surface area contributed by atoms with Crippen LogP contribution in [0.15, 0.2) is 0 Å². The van der Waals surface area contributed by atoms with Gasteiger partial charge in [-0.3, -0.25) is 4.90 Å². The SMILES string of the molecule is CCCC(C)N(CCCl)CCOC. The molecule has 1 unspecified atom stereocenters. The summed E-state index contributed by atoms with van der Waals surface area (Å²) in [5.41, 5.74) is 0. The number of hydrogen-bond acceptors (Lipinski definition) is 2. The average Bonchev–Trinajstić information content (AvgIpc) is 2.12. The van der Waals surface area contributed by atoms with Crippen molar-refractivity contribution in [2.24, 2.45) is 0 Å². The van der Waals surface area contributed by atoms with Crippen molar-refractivity contribution in [2.45, 2.75) is 32.7 Å². The zero-order valence-electron chi connectivity index (χ0n) is 9.05. The summed E-state index contributed by atoms with van der Waals surface area (Å²) in [6, 6.07) is 0.624. The molecule has 0 radical (unpaired) electrons. The Kier molecular flexibility index (Phi) is 8.93. The van der Waals surface area contributed by atoms with Crippen molar-refractivity contribution < 1.29 is 4.74 Å². The van der Waals surface area contributed by atoms with Crippen LogP contribution in [0.5, 0.6) is 0 Å². The molecule has 0 aromatic carbocycles. The Morgan fingerprint density at radius 3 is 2.54 bits per heavy atom. The summed E-state index contributed by atoms with van der Waals surface area (Å²) in [6.07, 6.45) is 2.47. The van der Waals surface area contributed by atoms with E-state index in [-0.39, 0.29) is 0 Å². The second-order valence-corrected chi connectivity index (χ2v) is 3.73. The molecule has 0 N–H and O–H groups in total. The van der Waals surface area contributed by atoms with Crippen molar-refractivity contribution in [3.05, 3.63) is 0 Å². The van der Waals surface area contributed by atoms with E-state index >= 15 is 0 Å². The van der Waals surface area contributed by atoms with Crippen LogP contribution in [0.2, 0.25) is 0 Å². The van der Waals surface area contributed by atoms with Gasteiger partial charge in [-0.05, 0) is 13.3 Å². The van der Waals surface area contributed by atoms with Gasteiger partial charge in [-0.15, -0.1) is 11.6 Å². The maximum Gasteiger partial charge on any atom is 0.0589 e. The van der Waals surface area contributed by atoms with Crippen LogP contribution < -0.4 is 0 Å². The van der Waals surface area contributed by atoms with Crippen molar-refractivity contribution in [1.29, 1.82) is 0 Å². The number of alkyl halides is 1. The molecular weight excluding hydrogens is 186 g/mol. The fourth-order valence-corrected chi connectivity index (χ4v) is 1.69. The highest BCUT2D eigenvalue weighted by Gasteiger charge is 2.11. The molecule has 0 aliphatic rings. The van der Waals surface area contributed by atoms with Gasteiger partial charge in [-0.2, -0.15) is 0 Å². The van der Waals surface area contributed by atoms with Gasteiger partial charge >= 0.3 is 0 Å². The number of methoxy groups -OCH3 is 1. The smallest absolute Gasteiger partial charge is 0.0589 e. The molecule has 3 heteroatoms. The zero-order chi connectivity index (χ0) is 10.1. The van der Waals surface area contributed by atoms with E-state index in [0.29, 0.717) is 11.9 Å². The van der Waals surface area contributed by atoms with E-state index in [0.717, 1.165) is 19.7 Å². The predicted molar refractivity (Wildman–Crippen MR) is 58.5 cm³/mol. The number of nitrogens with zero attached hydrogens (tertiary/aromatic N) is 1. The molecule has 0 bridgehead atoms. The fraction of sp³-hybridized carbons (Fsp3) is 1.00. The molecule has 0 saturated heterocycles. The van der Waals surface area contributed by atoms with Crippen LogP contribution in [-0.2, 0) is 4.74 Å². The zero-order valence-corrected chi connectivity index (χ0v) is 9.81. The summed E-state index contributed by atoms with van der Waals surface area (Å²) in [7, 11) is 1.74. The summed E-state index contributed by atoms with van der Waals surface area (Å²) >= 11 is 5.74. The molecular formula is C10H22ClNO. The maximum absolute atomic E-state index is 5.74. The number of rotatable bonds is 8. The molecule has 0 aliphatic carbocycles. The second kappa shape index (κ2) is 8.79. The van der Waals surface area contributed by atoms with Gasteiger partial charge in [0.25, 0.3) is 0 Å². The molecule has 0 heterocycles. The van der Waals surface area contributed by atoms with Crippen LogP contribution in [0.4, 0.5) is 0 Å². The molecule has 0 spiro atoms. The summed E-state index contributed by atoms with van der Waals surface area (Å²) in [6.45, 7) is 7.22. The Morgan fingerprint density at radius 1 is 1.38 bits per heavy atom. The second-order valence-electron chi connectivity index (χ2n) is 3.36. The van der Waals surface area contributed by atoms with Gasteiger partial charge in [0.05, 0.1) is 6.61 Å². The highest BCUT2D eigenvalue weighted by molar-refractivity contribution is 6.18. The van der Waals surface area contributed by atoms with Crippen LogP contribution in [0.3, 0.4) is 0 Å². The standard InChI is InChI=1S/C10H22ClNO/c1-4-5-10(2)12(7-6-11)8-9-13-3/h10H,4-9H2,1-3H3.